The Hall–Kier alpha value is -2.44. The molecule has 3 rings (SSSR count). The molecule has 0 amide bonds. The second-order valence-electron chi connectivity index (χ2n) is 3.94. The number of anilines is 1. The summed E-state index contributed by atoms with van der Waals surface area (Å²) in [7, 11) is 0. The third-order valence-electron chi connectivity index (χ3n) is 2.70. The summed E-state index contributed by atoms with van der Waals surface area (Å²) in [5.41, 5.74) is 1.58. The summed E-state index contributed by atoms with van der Waals surface area (Å²) in [6.07, 6.45) is 5.10. The highest BCUT2D eigenvalue weighted by Crippen LogP contribution is 2.13. The molecule has 0 bridgehead atoms. The third kappa shape index (κ3) is 1.79. The van der Waals surface area contributed by atoms with E-state index in [1.807, 2.05) is 13.8 Å². The van der Waals surface area contributed by atoms with Crippen molar-refractivity contribution >= 4 is 11.5 Å². The fourth-order valence-electron chi connectivity index (χ4n) is 1.66. The standard InChI is InChI=1S/C11H12N6O/c1-7-8(2)18-9(15-7)5-13-10-11-16-14-6-17(11)4-3-12-10/h3-4,6H,5H2,1-2H3,(H,12,13). The minimum Gasteiger partial charge on any atom is -0.444 e. The predicted molar refractivity (Wildman–Crippen MR) is 64.1 cm³/mol. The van der Waals surface area contributed by atoms with Gasteiger partial charge in [0.25, 0.3) is 0 Å². The van der Waals surface area contributed by atoms with Crippen LogP contribution in [0.5, 0.6) is 0 Å². The van der Waals surface area contributed by atoms with Crippen LogP contribution in [0.1, 0.15) is 17.3 Å². The predicted octanol–water partition coefficient (Wildman–Crippen LogP) is 1.34. The Labute approximate surface area is 103 Å². The van der Waals surface area contributed by atoms with E-state index < -0.39 is 0 Å². The van der Waals surface area contributed by atoms with Crippen molar-refractivity contribution in [3.05, 3.63) is 36.1 Å². The number of nitrogens with zero attached hydrogens (tertiary/aromatic N) is 5. The summed E-state index contributed by atoms with van der Waals surface area (Å²) in [4.78, 5) is 8.51. The molecule has 3 heterocycles. The van der Waals surface area contributed by atoms with E-state index >= 15 is 0 Å². The first-order valence-corrected chi connectivity index (χ1v) is 5.55. The van der Waals surface area contributed by atoms with Crippen LogP contribution in [-0.2, 0) is 6.54 Å². The molecule has 0 aliphatic carbocycles. The Morgan fingerprint density at radius 2 is 2.28 bits per heavy atom. The second kappa shape index (κ2) is 4.10. The molecule has 0 aliphatic rings. The van der Waals surface area contributed by atoms with E-state index in [9.17, 15) is 0 Å². The molecule has 7 heteroatoms. The number of nitrogens with one attached hydrogen (secondary N) is 1. The third-order valence-corrected chi connectivity index (χ3v) is 2.70. The molecule has 0 saturated heterocycles. The molecule has 3 aromatic rings. The van der Waals surface area contributed by atoms with Crippen molar-refractivity contribution in [2.24, 2.45) is 0 Å². The van der Waals surface area contributed by atoms with Crippen LogP contribution in [0.2, 0.25) is 0 Å². The van der Waals surface area contributed by atoms with Gasteiger partial charge in [-0.2, -0.15) is 0 Å². The lowest BCUT2D eigenvalue weighted by atomic mass is 10.4. The van der Waals surface area contributed by atoms with Gasteiger partial charge in [-0.3, -0.25) is 4.40 Å². The Morgan fingerprint density at radius 3 is 3.06 bits per heavy atom. The normalized spacial score (nSPS) is 11.0. The van der Waals surface area contributed by atoms with Crippen LogP contribution in [0, 0.1) is 13.8 Å². The number of fused-ring (bicyclic) bond motifs is 1. The number of oxazole rings is 1. The summed E-state index contributed by atoms with van der Waals surface area (Å²) in [5, 5.41) is 11.0. The van der Waals surface area contributed by atoms with Gasteiger partial charge in [-0.25, -0.2) is 9.97 Å². The maximum Gasteiger partial charge on any atom is 0.213 e. The monoisotopic (exact) mass is 244 g/mol. The summed E-state index contributed by atoms with van der Waals surface area (Å²) in [6.45, 7) is 4.28. The summed E-state index contributed by atoms with van der Waals surface area (Å²) < 4.78 is 7.28. The minimum atomic E-state index is 0.466. The molecule has 3 aromatic heterocycles. The quantitative estimate of drug-likeness (QED) is 0.748. The first-order valence-electron chi connectivity index (χ1n) is 5.55. The van der Waals surface area contributed by atoms with Crippen molar-refractivity contribution in [3.63, 3.8) is 0 Å². The molecule has 0 radical (unpaired) electrons. The highest BCUT2D eigenvalue weighted by Gasteiger charge is 2.08. The molecule has 92 valence electrons. The first-order chi connectivity index (χ1) is 8.74. The maximum atomic E-state index is 5.49. The molecule has 0 aliphatic heterocycles. The summed E-state index contributed by atoms with van der Waals surface area (Å²) in [6, 6.07) is 0. The molecule has 0 saturated carbocycles. The van der Waals surface area contributed by atoms with Gasteiger partial charge in [0.1, 0.15) is 12.1 Å². The van der Waals surface area contributed by atoms with Crippen molar-refractivity contribution in [2.75, 3.05) is 5.32 Å². The van der Waals surface area contributed by atoms with Crippen LogP contribution in [0.4, 0.5) is 5.82 Å². The highest BCUT2D eigenvalue weighted by molar-refractivity contribution is 5.61. The van der Waals surface area contributed by atoms with E-state index in [4.69, 9.17) is 4.42 Å². The van der Waals surface area contributed by atoms with Gasteiger partial charge in [0, 0.05) is 12.4 Å². The Morgan fingerprint density at radius 1 is 1.39 bits per heavy atom. The van der Waals surface area contributed by atoms with E-state index in [0.717, 1.165) is 11.5 Å². The topological polar surface area (TPSA) is 81.1 Å². The smallest absolute Gasteiger partial charge is 0.213 e. The Kier molecular flexibility index (Phi) is 2.44. The molecule has 7 nitrogen and oxygen atoms in total. The van der Waals surface area contributed by atoms with Gasteiger partial charge in [0.05, 0.1) is 12.2 Å². The van der Waals surface area contributed by atoms with Gasteiger partial charge < -0.3 is 9.73 Å². The van der Waals surface area contributed by atoms with Crippen LogP contribution in [-0.4, -0.2) is 24.6 Å². The van der Waals surface area contributed by atoms with Crippen molar-refractivity contribution in [1.82, 2.24) is 24.6 Å². The average molecular weight is 244 g/mol. The minimum absolute atomic E-state index is 0.466. The summed E-state index contributed by atoms with van der Waals surface area (Å²) in [5.74, 6) is 2.12. The van der Waals surface area contributed by atoms with E-state index in [-0.39, 0.29) is 0 Å². The van der Waals surface area contributed by atoms with Crippen LogP contribution >= 0.6 is 0 Å². The van der Waals surface area contributed by atoms with Gasteiger partial charge in [-0.15, -0.1) is 10.2 Å². The second-order valence-corrected chi connectivity index (χ2v) is 3.94. The number of hydrogen-bond donors (Lipinski definition) is 1. The van der Waals surface area contributed by atoms with Crippen LogP contribution in [0.15, 0.2) is 23.1 Å². The van der Waals surface area contributed by atoms with Gasteiger partial charge in [-0.05, 0) is 13.8 Å². The van der Waals surface area contributed by atoms with Crippen molar-refractivity contribution in [3.8, 4) is 0 Å². The molecular weight excluding hydrogens is 232 g/mol. The zero-order valence-electron chi connectivity index (χ0n) is 10.1. The molecule has 0 aromatic carbocycles. The fraction of sp³-hybridized carbons (Fsp3) is 0.273. The molecule has 0 atom stereocenters. The first kappa shape index (κ1) is 10.7. The Bertz CT molecular complexity index is 666. The number of aromatic nitrogens is 5. The lowest BCUT2D eigenvalue weighted by Crippen LogP contribution is -2.03. The SMILES string of the molecule is Cc1nc(CNc2nccn3cnnc23)oc1C. The Balaban J connectivity index is 1.82. The molecule has 18 heavy (non-hydrogen) atoms. The van der Waals surface area contributed by atoms with Gasteiger partial charge >= 0.3 is 0 Å². The average Bonchev–Trinajstić information content (AvgIpc) is 2.94. The van der Waals surface area contributed by atoms with E-state index in [1.54, 1.807) is 23.1 Å². The maximum absolute atomic E-state index is 5.49. The molecule has 0 unspecified atom stereocenters. The largest absolute Gasteiger partial charge is 0.444 e. The number of rotatable bonds is 3. The highest BCUT2D eigenvalue weighted by atomic mass is 16.4. The van der Waals surface area contributed by atoms with Crippen LogP contribution in [0.25, 0.3) is 5.65 Å². The van der Waals surface area contributed by atoms with Gasteiger partial charge in [-0.1, -0.05) is 0 Å². The van der Waals surface area contributed by atoms with E-state index in [0.29, 0.717) is 23.9 Å². The molecule has 1 N–H and O–H groups in total. The van der Waals surface area contributed by atoms with Crippen molar-refractivity contribution < 1.29 is 4.42 Å². The van der Waals surface area contributed by atoms with Crippen molar-refractivity contribution in [2.45, 2.75) is 20.4 Å². The van der Waals surface area contributed by atoms with Crippen LogP contribution < -0.4 is 5.32 Å². The van der Waals surface area contributed by atoms with E-state index in [1.165, 1.54) is 0 Å². The summed E-state index contributed by atoms with van der Waals surface area (Å²) >= 11 is 0. The molecular formula is C11H12N6O. The van der Waals surface area contributed by atoms with E-state index in [2.05, 4.69) is 25.5 Å². The lowest BCUT2D eigenvalue weighted by Gasteiger charge is -2.03. The van der Waals surface area contributed by atoms with Crippen LogP contribution in [0.3, 0.4) is 0 Å². The molecule has 0 spiro atoms. The van der Waals surface area contributed by atoms with Gasteiger partial charge in [0.15, 0.2) is 5.82 Å². The number of hydrogen-bond acceptors (Lipinski definition) is 6. The zero-order valence-corrected chi connectivity index (χ0v) is 10.1. The number of aryl methyl sites for hydroxylation is 2. The fourth-order valence-corrected chi connectivity index (χ4v) is 1.66. The van der Waals surface area contributed by atoms with Gasteiger partial charge in [0.2, 0.25) is 11.5 Å². The lowest BCUT2D eigenvalue weighted by molar-refractivity contribution is 0.478. The van der Waals surface area contributed by atoms with Crippen molar-refractivity contribution in [1.29, 1.82) is 0 Å². The molecule has 0 fully saturated rings. The zero-order chi connectivity index (χ0) is 12.5.